The van der Waals surface area contributed by atoms with Gasteiger partial charge in [0.15, 0.2) is 11.9 Å². The molecule has 3 aromatic rings. The van der Waals surface area contributed by atoms with Crippen LogP contribution in [0.4, 0.5) is 5.69 Å². The van der Waals surface area contributed by atoms with Crippen LogP contribution in [0.15, 0.2) is 65.7 Å². The van der Waals surface area contributed by atoms with Gasteiger partial charge in [-0.05, 0) is 37.3 Å². The van der Waals surface area contributed by atoms with E-state index in [0.29, 0.717) is 5.69 Å². The minimum Gasteiger partial charge on any atom is -0.493 e. The minimum atomic E-state index is -3.67. The lowest BCUT2D eigenvalue weighted by atomic mass is 10.3. The fraction of sp³-hybridized carbons (Fsp3) is 0.227. The second-order valence-electron chi connectivity index (χ2n) is 7.18. The molecule has 1 heterocycles. The average Bonchev–Trinajstić information content (AvgIpc) is 3.24. The number of benzene rings is 2. The first kappa shape index (κ1) is 24.0. The van der Waals surface area contributed by atoms with Crippen molar-refractivity contribution < 1.29 is 27.5 Å². The molecule has 0 saturated heterocycles. The molecule has 3 rings (SSSR count). The van der Waals surface area contributed by atoms with Gasteiger partial charge in [0.1, 0.15) is 0 Å². The molecule has 33 heavy (non-hydrogen) atoms. The number of esters is 1. The van der Waals surface area contributed by atoms with E-state index in [1.165, 1.54) is 63.3 Å². The molecule has 0 fully saturated rings. The van der Waals surface area contributed by atoms with Crippen molar-refractivity contribution in [3.63, 3.8) is 0 Å². The Kier molecular flexibility index (Phi) is 7.14. The van der Waals surface area contributed by atoms with E-state index in [1.54, 1.807) is 0 Å². The van der Waals surface area contributed by atoms with E-state index in [-0.39, 0.29) is 22.0 Å². The van der Waals surface area contributed by atoms with Gasteiger partial charge in [-0.15, -0.1) is 0 Å². The molecule has 0 unspecified atom stereocenters. The first-order valence-electron chi connectivity index (χ1n) is 9.87. The van der Waals surface area contributed by atoms with Crippen LogP contribution in [0.3, 0.4) is 0 Å². The second kappa shape index (κ2) is 9.84. The van der Waals surface area contributed by atoms with Crippen molar-refractivity contribution in [1.82, 2.24) is 14.1 Å². The lowest BCUT2D eigenvalue weighted by Gasteiger charge is -2.15. The Labute approximate surface area is 191 Å². The van der Waals surface area contributed by atoms with E-state index in [2.05, 4.69) is 10.4 Å². The number of anilines is 1. The third kappa shape index (κ3) is 5.38. The van der Waals surface area contributed by atoms with E-state index in [9.17, 15) is 18.0 Å². The van der Waals surface area contributed by atoms with Crippen molar-refractivity contribution in [1.29, 1.82) is 0 Å². The van der Waals surface area contributed by atoms with E-state index < -0.39 is 28.0 Å². The van der Waals surface area contributed by atoms with Crippen LogP contribution < -0.4 is 10.1 Å². The summed E-state index contributed by atoms with van der Waals surface area (Å²) in [5.74, 6) is -1.28. The van der Waals surface area contributed by atoms with Crippen molar-refractivity contribution in [3.05, 3.63) is 66.5 Å². The molecule has 0 saturated carbocycles. The molecule has 0 aliphatic carbocycles. The number of carbonyl (C=O) groups is 2. The number of nitrogens with one attached hydrogen (secondary N) is 1. The third-order valence-corrected chi connectivity index (χ3v) is 6.46. The maximum absolute atomic E-state index is 12.7. The summed E-state index contributed by atoms with van der Waals surface area (Å²) in [5.41, 5.74) is 0.880. The van der Waals surface area contributed by atoms with Gasteiger partial charge in [0.25, 0.3) is 5.91 Å². The fourth-order valence-corrected chi connectivity index (χ4v) is 3.77. The summed E-state index contributed by atoms with van der Waals surface area (Å²) < 4.78 is 37.6. The zero-order chi connectivity index (χ0) is 24.2. The molecule has 11 heteroatoms. The summed E-state index contributed by atoms with van der Waals surface area (Å²) in [5, 5.41) is 6.77. The van der Waals surface area contributed by atoms with Gasteiger partial charge in [0.2, 0.25) is 15.7 Å². The summed E-state index contributed by atoms with van der Waals surface area (Å²) in [6, 6.07) is 14.9. The summed E-state index contributed by atoms with van der Waals surface area (Å²) in [6.07, 6.45) is 0.353. The van der Waals surface area contributed by atoms with Crippen LogP contribution in [0, 0.1) is 0 Å². The number of amides is 1. The molecule has 10 nitrogen and oxygen atoms in total. The number of nitrogens with zero attached hydrogens (tertiary/aromatic N) is 3. The van der Waals surface area contributed by atoms with E-state index in [0.717, 1.165) is 4.31 Å². The van der Waals surface area contributed by atoms with Crippen LogP contribution in [0.25, 0.3) is 5.69 Å². The number of carbonyl (C=O) groups excluding carboxylic acids is 2. The molecule has 0 radical (unpaired) electrons. The number of hydrogen-bond acceptors (Lipinski definition) is 7. The number of hydrogen-bond donors (Lipinski definition) is 1. The highest BCUT2D eigenvalue weighted by molar-refractivity contribution is 7.89. The molecule has 0 spiro atoms. The Morgan fingerprint density at radius 3 is 2.42 bits per heavy atom. The van der Waals surface area contributed by atoms with E-state index >= 15 is 0 Å². The lowest BCUT2D eigenvalue weighted by molar-refractivity contribution is -0.123. The third-order valence-electron chi connectivity index (χ3n) is 4.65. The van der Waals surface area contributed by atoms with Crippen LogP contribution in [0.5, 0.6) is 5.75 Å². The maximum Gasteiger partial charge on any atom is 0.363 e. The second-order valence-corrected chi connectivity index (χ2v) is 9.33. The topological polar surface area (TPSA) is 120 Å². The predicted octanol–water partition coefficient (Wildman–Crippen LogP) is 2.32. The van der Waals surface area contributed by atoms with Gasteiger partial charge in [-0.1, -0.05) is 24.3 Å². The molecular formula is C22H24N4O6S. The summed E-state index contributed by atoms with van der Waals surface area (Å²) in [6.45, 7) is 1.40. The number of aromatic nitrogens is 2. The Morgan fingerprint density at radius 2 is 1.79 bits per heavy atom. The Morgan fingerprint density at radius 1 is 1.09 bits per heavy atom. The van der Waals surface area contributed by atoms with Crippen LogP contribution in [-0.2, 0) is 19.6 Å². The summed E-state index contributed by atoms with van der Waals surface area (Å²) in [4.78, 5) is 25.2. The first-order valence-corrected chi connectivity index (χ1v) is 11.3. The van der Waals surface area contributed by atoms with Crippen LogP contribution in [0.1, 0.15) is 17.4 Å². The number of sulfonamides is 1. The molecule has 1 atom stereocenters. The molecular weight excluding hydrogens is 448 g/mol. The van der Waals surface area contributed by atoms with Crippen LogP contribution in [-0.4, -0.2) is 61.7 Å². The van der Waals surface area contributed by atoms with Crippen molar-refractivity contribution in [2.45, 2.75) is 17.9 Å². The van der Waals surface area contributed by atoms with Gasteiger partial charge < -0.3 is 14.8 Å². The predicted molar refractivity (Wildman–Crippen MR) is 121 cm³/mol. The van der Waals surface area contributed by atoms with Gasteiger partial charge in [0, 0.05) is 19.8 Å². The Balaban J connectivity index is 1.72. The maximum atomic E-state index is 12.7. The zero-order valence-corrected chi connectivity index (χ0v) is 19.4. The van der Waals surface area contributed by atoms with E-state index in [1.807, 2.05) is 30.3 Å². The molecule has 1 aromatic heterocycles. The molecule has 1 amide bonds. The van der Waals surface area contributed by atoms with Gasteiger partial charge in [-0.25, -0.2) is 22.2 Å². The monoisotopic (exact) mass is 472 g/mol. The van der Waals surface area contributed by atoms with Crippen molar-refractivity contribution in [3.8, 4) is 11.4 Å². The SMILES string of the molecule is COc1cn(-c2ccccc2)nc1C(=O)O[C@@H](C)C(=O)Nc1cccc(S(=O)(=O)N(C)C)c1. The molecule has 0 bridgehead atoms. The largest absolute Gasteiger partial charge is 0.493 e. The molecule has 0 aliphatic rings. The van der Waals surface area contributed by atoms with Gasteiger partial charge in [-0.2, -0.15) is 5.10 Å². The Bertz CT molecular complexity index is 1250. The van der Waals surface area contributed by atoms with Gasteiger partial charge >= 0.3 is 5.97 Å². The van der Waals surface area contributed by atoms with Crippen molar-refractivity contribution in [2.24, 2.45) is 0 Å². The molecule has 174 valence electrons. The first-order chi connectivity index (χ1) is 15.6. The molecule has 0 aliphatic heterocycles. The average molecular weight is 473 g/mol. The smallest absolute Gasteiger partial charge is 0.363 e. The highest BCUT2D eigenvalue weighted by atomic mass is 32.2. The number of ether oxygens (including phenoxy) is 2. The number of para-hydroxylation sites is 1. The van der Waals surface area contributed by atoms with E-state index in [4.69, 9.17) is 9.47 Å². The summed E-state index contributed by atoms with van der Waals surface area (Å²) >= 11 is 0. The quantitative estimate of drug-likeness (QED) is 0.500. The van der Waals surface area contributed by atoms with Gasteiger partial charge in [-0.3, -0.25) is 4.79 Å². The fourth-order valence-electron chi connectivity index (χ4n) is 2.82. The normalized spacial score (nSPS) is 12.3. The standard InChI is InChI=1S/C22H24N4O6S/c1-15(21(27)23-16-9-8-12-18(13-16)33(29,30)25(2)3)32-22(28)20-19(31-4)14-26(24-20)17-10-6-5-7-11-17/h5-15H,1-4H3,(H,23,27)/t15-/m0/s1. The minimum absolute atomic E-state index is 0.0196. The Hall–Kier alpha value is -3.70. The van der Waals surface area contributed by atoms with Gasteiger partial charge in [0.05, 0.1) is 23.9 Å². The highest BCUT2D eigenvalue weighted by Crippen LogP contribution is 2.22. The summed E-state index contributed by atoms with van der Waals surface area (Å²) in [7, 11) is 0.555. The highest BCUT2D eigenvalue weighted by Gasteiger charge is 2.25. The lowest BCUT2D eigenvalue weighted by Crippen LogP contribution is -2.30. The molecule has 2 aromatic carbocycles. The number of methoxy groups -OCH3 is 1. The van der Waals surface area contributed by atoms with Crippen LogP contribution in [0.2, 0.25) is 0 Å². The van der Waals surface area contributed by atoms with Crippen molar-refractivity contribution >= 4 is 27.6 Å². The zero-order valence-electron chi connectivity index (χ0n) is 18.6. The van der Waals surface area contributed by atoms with Crippen molar-refractivity contribution in [2.75, 3.05) is 26.5 Å². The van der Waals surface area contributed by atoms with Crippen LogP contribution >= 0.6 is 0 Å². The number of rotatable bonds is 8. The molecule has 1 N–H and O–H groups in total.